The summed E-state index contributed by atoms with van der Waals surface area (Å²) >= 11 is 0. The zero-order chi connectivity index (χ0) is 15.7. The van der Waals surface area contributed by atoms with Gasteiger partial charge in [0.1, 0.15) is 6.10 Å². The van der Waals surface area contributed by atoms with E-state index in [1.807, 2.05) is 13.8 Å². The molecule has 0 amide bonds. The number of halogens is 2. The van der Waals surface area contributed by atoms with Gasteiger partial charge in [-0.25, -0.2) is 4.39 Å². The Hall–Kier alpha value is -0.860. The van der Waals surface area contributed by atoms with Gasteiger partial charge in [-0.05, 0) is 94.1 Å². The van der Waals surface area contributed by atoms with Gasteiger partial charge < -0.3 is 4.74 Å². The van der Waals surface area contributed by atoms with Crippen molar-refractivity contribution in [1.82, 2.24) is 0 Å². The van der Waals surface area contributed by atoms with Gasteiger partial charge in [-0.3, -0.25) is 0 Å². The lowest BCUT2D eigenvalue weighted by Crippen LogP contribution is -2.32. The summed E-state index contributed by atoms with van der Waals surface area (Å²) in [6, 6.07) is -0.340. The highest BCUT2D eigenvalue weighted by Crippen LogP contribution is 2.44. The Bertz CT molecular complexity index is 428. The van der Waals surface area contributed by atoms with Crippen molar-refractivity contribution in [3.8, 4) is 0 Å². The SMILES string of the molecule is CC1=C(F)CC(C2CCC(C3CCC(C)=C(F)O3)CC2)CC1. The monoisotopic (exact) mass is 310 g/mol. The summed E-state index contributed by atoms with van der Waals surface area (Å²) in [4.78, 5) is 0. The van der Waals surface area contributed by atoms with Gasteiger partial charge in [0.25, 0.3) is 6.01 Å². The van der Waals surface area contributed by atoms with E-state index in [0.717, 1.165) is 62.5 Å². The highest BCUT2D eigenvalue weighted by molar-refractivity contribution is 5.10. The van der Waals surface area contributed by atoms with Crippen molar-refractivity contribution < 1.29 is 13.5 Å². The standard InChI is InChI=1S/C19H28F2O/c1-12-3-5-16(11-17(12)20)14-6-8-15(9-7-14)18-10-4-13(2)19(21)22-18/h14-16,18H,3-11H2,1-2H3. The fraction of sp³-hybridized carbons (Fsp3) is 0.789. The fourth-order valence-corrected chi connectivity index (χ4v) is 4.52. The summed E-state index contributed by atoms with van der Waals surface area (Å²) in [5, 5.41) is 0. The topological polar surface area (TPSA) is 9.23 Å². The molecule has 3 aliphatic rings. The lowest BCUT2D eigenvalue weighted by atomic mass is 9.70. The molecule has 22 heavy (non-hydrogen) atoms. The Labute approximate surface area is 132 Å². The minimum atomic E-state index is -0.340. The van der Waals surface area contributed by atoms with Gasteiger partial charge in [0.15, 0.2) is 0 Å². The molecule has 2 unspecified atom stereocenters. The first-order chi connectivity index (χ1) is 10.5. The zero-order valence-corrected chi connectivity index (χ0v) is 13.8. The molecule has 0 saturated heterocycles. The highest BCUT2D eigenvalue weighted by atomic mass is 19.1. The van der Waals surface area contributed by atoms with Crippen molar-refractivity contribution in [3.05, 3.63) is 23.0 Å². The van der Waals surface area contributed by atoms with Crippen molar-refractivity contribution in [2.45, 2.75) is 77.7 Å². The molecule has 2 aliphatic carbocycles. The van der Waals surface area contributed by atoms with Crippen molar-refractivity contribution in [2.24, 2.45) is 17.8 Å². The van der Waals surface area contributed by atoms with Gasteiger partial charge in [0, 0.05) is 6.42 Å². The summed E-state index contributed by atoms with van der Waals surface area (Å²) in [6.45, 7) is 3.74. The van der Waals surface area contributed by atoms with E-state index in [1.54, 1.807) is 0 Å². The molecule has 1 saturated carbocycles. The van der Waals surface area contributed by atoms with Gasteiger partial charge >= 0.3 is 0 Å². The molecule has 0 spiro atoms. The average Bonchev–Trinajstić information content (AvgIpc) is 2.53. The van der Waals surface area contributed by atoms with Crippen LogP contribution >= 0.6 is 0 Å². The summed E-state index contributed by atoms with van der Waals surface area (Å²) < 4.78 is 33.0. The quantitative estimate of drug-likeness (QED) is 0.588. The van der Waals surface area contributed by atoms with Gasteiger partial charge in [0.05, 0.1) is 5.83 Å². The first-order valence-corrected chi connectivity index (χ1v) is 8.90. The van der Waals surface area contributed by atoms with Crippen LogP contribution in [0, 0.1) is 17.8 Å². The van der Waals surface area contributed by atoms with E-state index in [2.05, 4.69) is 0 Å². The summed E-state index contributed by atoms with van der Waals surface area (Å²) in [5.41, 5.74) is 1.71. The second kappa shape index (κ2) is 6.72. The van der Waals surface area contributed by atoms with E-state index in [4.69, 9.17) is 4.74 Å². The predicted octanol–water partition coefficient (Wildman–Crippen LogP) is 6.22. The maximum Gasteiger partial charge on any atom is 0.271 e. The smallest absolute Gasteiger partial charge is 0.271 e. The molecule has 1 heterocycles. The van der Waals surface area contributed by atoms with Crippen molar-refractivity contribution >= 4 is 0 Å². The van der Waals surface area contributed by atoms with Crippen LogP contribution in [0.5, 0.6) is 0 Å². The normalized spacial score (nSPS) is 37.3. The molecule has 1 nitrogen and oxygen atoms in total. The third kappa shape index (κ3) is 3.38. The largest absolute Gasteiger partial charge is 0.467 e. The van der Waals surface area contributed by atoms with Crippen LogP contribution in [0.3, 0.4) is 0 Å². The fourth-order valence-electron chi connectivity index (χ4n) is 4.52. The minimum absolute atomic E-state index is 0.0647. The molecule has 1 fully saturated rings. The van der Waals surface area contributed by atoms with Gasteiger partial charge in [-0.1, -0.05) is 0 Å². The molecular formula is C19H28F2O. The molecule has 2 atom stereocenters. The van der Waals surface area contributed by atoms with E-state index < -0.39 is 0 Å². The lowest BCUT2D eigenvalue weighted by Gasteiger charge is -2.39. The summed E-state index contributed by atoms with van der Waals surface area (Å²) in [5.74, 6) is 1.80. The van der Waals surface area contributed by atoms with Crippen LogP contribution in [0.15, 0.2) is 23.0 Å². The number of hydrogen-bond donors (Lipinski definition) is 0. The van der Waals surface area contributed by atoms with E-state index in [9.17, 15) is 8.78 Å². The maximum atomic E-state index is 13.8. The Morgan fingerprint density at radius 1 is 0.773 bits per heavy atom. The van der Waals surface area contributed by atoms with Crippen LogP contribution in [0.2, 0.25) is 0 Å². The third-order valence-electron chi connectivity index (χ3n) is 6.20. The molecule has 124 valence electrons. The molecule has 3 rings (SSSR count). The van der Waals surface area contributed by atoms with Crippen LogP contribution in [-0.4, -0.2) is 6.10 Å². The van der Waals surface area contributed by atoms with Crippen molar-refractivity contribution in [2.75, 3.05) is 0 Å². The molecule has 0 radical (unpaired) electrons. The van der Waals surface area contributed by atoms with Gasteiger partial charge in [0.2, 0.25) is 0 Å². The second-order valence-corrected chi connectivity index (χ2v) is 7.61. The molecule has 0 aromatic heterocycles. The van der Waals surface area contributed by atoms with Crippen LogP contribution < -0.4 is 0 Å². The summed E-state index contributed by atoms with van der Waals surface area (Å²) in [7, 11) is 0. The molecule has 0 aromatic rings. The molecule has 1 aliphatic heterocycles. The third-order valence-corrected chi connectivity index (χ3v) is 6.20. The minimum Gasteiger partial charge on any atom is -0.467 e. The van der Waals surface area contributed by atoms with Gasteiger partial charge in [-0.15, -0.1) is 0 Å². The number of ether oxygens (including phenoxy) is 1. The van der Waals surface area contributed by atoms with Crippen molar-refractivity contribution in [1.29, 1.82) is 0 Å². The average molecular weight is 310 g/mol. The van der Waals surface area contributed by atoms with Crippen LogP contribution in [0.4, 0.5) is 8.78 Å². The molecule has 0 bridgehead atoms. The molecule has 0 aromatic carbocycles. The van der Waals surface area contributed by atoms with Crippen LogP contribution in [-0.2, 0) is 4.74 Å². The highest BCUT2D eigenvalue weighted by Gasteiger charge is 2.35. The number of hydrogen-bond acceptors (Lipinski definition) is 1. The van der Waals surface area contributed by atoms with Gasteiger partial charge in [-0.2, -0.15) is 4.39 Å². The van der Waals surface area contributed by atoms with E-state index in [-0.39, 0.29) is 17.9 Å². The predicted molar refractivity (Wildman–Crippen MR) is 84.5 cm³/mol. The van der Waals surface area contributed by atoms with Crippen LogP contribution in [0.25, 0.3) is 0 Å². The second-order valence-electron chi connectivity index (χ2n) is 7.61. The molecular weight excluding hydrogens is 282 g/mol. The molecule has 3 heteroatoms. The number of allylic oxidation sites excluding steroid dienone is 3. The van der Waals surface area contributed by atoms with Crippen LogP contribution in [0.1, 0.15) is 71.6 Å². The Balaban J connectivity index is 1.51. The van der Waals surface area contributed by atoms with E-state index in [0.29, 0.717) is 24.2 Å². The lowest BCUT2D eigenvalue weighted by molar-refractivity contribution is -0.0127. The maximum absolute atomic E-state index is 13.8. The van der Waals surface area contributed by atoms with E-state index >= 15 is 0 Å². The van der Waals surface area contributed by atoms with E-state index in [1.165, 1.54) is 0 Å². The molecule has 0 N–H and O–H groups in total. The Kier molecular flexibility index (Phi) is 4.89. The first-order valence-electron chi connectivity index (χ1n) is 8.90. The number of rotatable bonds is 2. The Morgan fingerprint density at radius 3 is 2.05 bits per heavy atom. The first kappa shape index (κ1) is 16.0. The van der Waals surface area contributed by atoms with Crippen molar-refractivity contribution in [3.63, 3.8) is 0 Å². The zero-order valence-electron chi connectivity index (χ0n) is 13.8. The Morgan fingerprint density at radius 2 is 1.41 bits per heavy atom. The summed E-state index contributed by atoms with van der Waals surface area (Å²) in [6.07, 6.45) is 9.11.